The van der Waals surface area contributed by atoms with Crippen LogP contribution in [0.5, 0.6) is 5.75 Å². The summed E-state index contributed by atoms with van der Waals surface area (Å²) >= 11 is 0. The third-order valence-electron chi connectivity index (χ3n) is 4.09. The van der Waals surface area contributed by atoms with Crippen LogP contribution in [0.2, 0.25) is 0 Å². The van der Waals surface area contributed by atoms with Crippen LogP contribution in [0.4, 0.5) is 5.82 Å². The SMILES string of the molecule is CC(=O)Oc1cccc(-c2cnc3ccc(N[C@H](CO)C(C)C)nn23)c1. The van der Waals surface area contributed by atoms with Gasteiger partial charge in [0.2, 0.25) is 0 Å². The molecule has 0 aliphatic heterocycles. The van der Waals surface area contributed by atoms with E-state index in [9.17, 15) is 9.90 Å². The zero-order valence-corrected chi connectivity index (χ0v) is 15.0. The maximum atomic E-state index is 11.2. The Morgan fingerprint density at radius 1 is 1.31 bits per heavy atom. The van der Waals surface area contributed by atoms with Crippen molar-refractivity contribution in [1.29, 1.82) is 0 Å². The van der Waals surface area contributed by atoms with Crippen molar-refractivity contribution in [3.05, 3.63) is 42.6 Å². The van der Waals surface area contributed by atoms with E-state index in [1.54, 1.807) is 22.8 Å². The molecule has 0 radical (unpaired) electrons. The highest BCUT2D eigenvalue weighted by Gasteiger charge is 2.14. The average molecular weight is 354 g/mol. The number of hydrogen-bond donors (Lipinski definition) is 2. The number of rotatable bonds is 6. The van der Waals surface area contributed by atoms with Gasteiger partial charge in [-0.25, -0.2) is 9.50 Å². The Kier molecular flexibility index (Phi) is 5.18. The van der Waals surface area contributed by atoms with E-state index in [4.69, 9.17) is 4.74 Å². The fourth-order valence-corrected chi connectivity index (χ4v) is 2.65. The molecule has 7 heteroatoms. The molecule has 0 aliphatic carbocycles. The molecule has 0 spiro atoms. The highest BCUT2D eigenvalue weighted by atomic mass is 16.5. The van der Waals surface area contributed by atoms with E-state index >= 15 is 0 Å². The molecule has 2 heterocycles. The fraction of sp³-hybridized carbons (Fsp3) is 0.316. The van der Waals surface area contributed by atoms with Crippen molar-refractivity contribution >= 4 is 17.4 Å². The first kappa shape index (κ1) is 17.9. The Labute approximate surface area is 151 Å². The summed E-state index contributed by atoms with van der Waals surface area (Å²) < 4.78 is 6.88. The Hall–Kier alpha value is -2.93. The zero-order chi connectivity index (χ0) is 18.7. The van der Waals surface area contributed by atoms with Crippen molar-refractivity contribution in [3.63, 3.8) is 0 Å². The number of benzene rings is 1. The molecule has 3 rings (SSSR count). The molecule has 1 aromatic carbocycles. The lowest BCUT2D eigenvalue weighted by molar-refractivity contribution is -0.131. The number of imidazole rings is 1. The maximum absolute atomic E-state index is 11.2. The van der Waals surface area contributed by atoms with Crippen LogP contribution in [0.3, 0.4) is 0 Å². The van der Waals surface area contributed by atoms with Crippen molar-refractivity contribution in [2.75, 3.05) is 11.9 Å². The summed E-state index contributed by atoms with van der Waals surface area (Å²) in [5.41, 5.74) is 2.32. The predicted molar refractivity (Wildman–Crippen MR) is 99.1 cm³/mol. The molecule has 136 valence electrons. The van der Waals surface area contributed by atoms with Gasteiger partial charge in [-0.3, -0.25) is 4.79 Å². The number of fused-ring (bicyclic) bond motifs is 1. The van der Waals surface area contributed by atoms with Crippen molar-refractivity contribution in [2.45, 2.75) is 26.8 Å². The largest absolute Gasteiger partial charge is 0.427 e. The molecule has 7 nitrogen and oxygen atoms in total. The summed E-state index contributed by atoms with van der Waals surface area (Å²) in [7, 11) is 0. The number of esters is 1. The van der Waals surface area contributed by atoms with Gasteiger partial charge in [-0.15, -0.1) is 5.10 Å². The molecule has 3 aromatic rings. The van der Waals surface area contributed by atoms with E-state index in [0.29, 0.717) is 17.2 Å². The first-order valence-electron chi connectivity index (χ1n) is 8.49. The fourth-order valence-electron chi connectivity index (χ4n) is 2.65. The molecule has 0 saturated heterocycles. The van der Waals surface area contributed by atoms with Gasteiger partial charge in [0.15, 0.2) is 5.65 Å². The van der Waals surface area contributed by atoms with Crippen LogP contribution < -0.4 is 10.1 Å². The van der Waals surface area contributed by atoms with Crippen molar-refractivity contribution < 1.29 is 14.6 Å². The smallest absolute Gasteiger partial charge is 0.308 e. The lowest BCUT2D eigenvalue weighted by Gasteiger charge is -2.20. The Balaban J connectivity index is 1.97. The average Bonchev–Trinajstić information content (AvgIpc) is 3.02. The van der Waals surface area contributed by atoms with E-state index in [0.717, 1.165) is 11.3 Å². The summed E-state index contributed by atoms with van der Waals surface area (Å²) in [5, 5.41) is 17.4. The molecule has 0 amide bonds. The van der Waals surface area contributed by atoms with Gasteiger partial charge >= 0.3 is 5.97 Å². The lowest BCUT2D eigenvalue weighted by Crippen LogP contribution is -2.30. The van der Waals surface area contributed by atoms with Crippen molar-refractivity contribution in [2.24, 2.45) is 5.92 Å². The standard InChI is InChI=1S/C19H22N4O3/c1-12(2)16(11-24)21-18-7-8-19-20-10-17(23(19)22-18)14-5-4-6-15(9-14)26-13(3)25/h4-10,12,16,24H,11H2,1-3H3,(H,21,22)/t16-/m1/s1. The van der Waals surface area contributed by atoms with E-state index in [1.807, 2.05) is 38.1 Å². The molecule has 0 bridgehead atoms. The van der Waals surface area contributed by atoms with E-state index in [2.05, 4.69) is 15.4 Å². The number of nitrogens with one attached hydrogen (secondary N) is 1. The third kappa shape index (κ3) is 3.83. The van der Waals surface area contributed by atoms with Crippen molar-refractivity contribution in [1.82, 2.24) is 14.6 Å². The summed E-state index contributed by atoms with van der Waals surface area (Å²) in [4.78, 5) is 15.6. The Morgan fingerprint density at radius 2 is 2.12 bits per heavy atom. The minimum Gasteiger partial charge on any atom is -0.427 e. The van der Waals surface area contributed by atoms with Crippen LogP contribution in [0.15, 0.2) is 42.6 Å². The Bertz CT molecular complexity index is 920. The molecular formula is C19H22N4O3. The van der Waals surface area contributed by atoms with Gasteiger partial charge < -0.3 is 15.2 Å². The normalized spacial score (nSPS) is 12.3. The minimum absolute atomic E-state index is 0.0264. The van der Waals surface area contributed by atoms with Gasteiger partial charge in [-0.1, -0.05) is 26.0 Å². The summed E-state index contributed by atoms with van der Waals surface area (Å²) in [6, 6.07) is 10.8. The zero-order valence-electron chi connectivity index (χ0n) is 15.0. The highest BCUT2D eigenvalue weighted by Crippen LogP contribution is 2.25. The van der Waals surface area contributed by atoms with Crippen LogP contribution in [0.1, 0.15) is 20.8 Å². The summed E-state index contributed by atoms with van der Waals surface area (Å²) in [6.45, 7) is 5.47. The number of aliphatic hydroxyl groups excluding tert-OH is 1. The second-order valence-corrected chi connectivity index (χ2v) is 6.43. The molecule has 0 fully saturated rings. The second kappa shape index (κ2) is 7.53. The van der Waals surface area contributed by atoms with Gasteiger partial charge in [0.1, 0.15) is 11.6 Å². The van der Waals surface area contributed by atoms with E-state index in [-0.39, 0.29) is 24.5 Å². The molecule has 26 heavy (non-hydrogen) atoms. The molecule has 0 saturated carbocycles. The van der Waals surface area contributed by atoms with Crippen LogP contribution in [0, 0.1) is 5.92 Å². The van der Waals surface area contributed by atoms with Crippen LogP contribution in [-0.2, 0) is 4.79 Å². The molecule has 2 N–H and O–H groups in total. The van der Waals surface area contributed by atoms with E-state index in [1.165, 1.54) is 6.92 Å². The predicted octanol–water partition coefficient (Wildman–Crippen LogP) is 2.75. The minimum atomic E-state index is -0.367. The molecule has 1 atom stereocenters. The quantitative estimate of drug-likeness (QED) is 0.523. The number of hydrogen-bond acceptors (Lipinski definition) is 6. The molecule has 0 unspecified atom stereocenters. The number of anilines is 1. The number of ether oxygens (including phenoxy) is 1. The number of carbonyl (C=O) groups excluding carboxylic acids is 1. The monoisotopic (exact) mass is 354 g/mol. The van der Waals surface area contributed by atoms with Gasteiger partial charge in [-0.2, -0.15) is 0 Å². The van der Waals surface area contributed by atoms with Gasteiger partial charge in [0.05, 0.1) is 24.5 Å². The maximum Gasteiger partial charge on any atom is 0.308 e. The van der Waals surface area contributed by atoms with Crippen LogP contribution in [-0.4, -0.2) is 38.3 Å². The molecular weight excluding hydrogens is 332 g/mol. The lowest BCUT2D eigenvalue weighted by atomic mass is 10.1. The summed E-state index contributed by atoms with van der Waals surface area (Å²) in [5.74, 6) is 1.02. The van der Waals surface area contributed by atoms with Gasteiger partial charge in [-0.05, 0) is 30.2 Å². The van der Waals surface area contributed by atoms with E-state index < -0.39 is 0 Å². The number of aliphatic hydroxyl groups is 1. The van der Waals surface area contributed by atoms with Crippen LogP contribution in [0.25, 0.3) is 16.9 Å². The molecule has 0 aliphatic rings. The molecule has 2 aromatic heterocycles. The number of aromatic nitrogens is 3. The first-order chi connectivity index (χ1) is 12.5. The second-order valence-electron chi connectivity index (χ2n) is 6.43. The van der Waals surface area contributed by atoms with Gasteiger partial charge in [0, 0.05) is 12.5 Å². The van der Waals surface area contributed by atoms with Crippen molar-refractivity contribution in [3.8, 4) is 17.0 Å². The van der Waals surface area contributed by atoms with Crippen LogP contribution >= 0.6 is 0 Å². The highest BCUT2D eigenvalue weighted by molar-refractivity contribution is 5.71. The number of nitrogens with zero attached hydrogens (tertiary/aromatic N) is 3. The topological polar surface area (TPSA) is 88.8 Å². The number of carbonyl (C=O) groups is 1. The first-order valence-corrected chi connectivity index (χ1v) is 8.49. The Morgan fingerprint density at radius 3 is 2.81 bits per heavy atom. The van der Waals surface area contributed by atoms with Gasteiger partial charge in [0.25, 0.3) is 0 Å². The third-order valence-corrected chi connectivity index (χ3v) is 4.09. The summed E-state index contributed by atoms with van der Waals surface area (Å²) in [6.07, 6.45) is 1.73.